The van der Waals surface area contributed by atoms with E-state index in [9.17, 15) is 5.11 Å². The molecule has 78 valence electrons. The van der Waals surface area contributed by atoms with Crippen molar-refractivity contribution in [1.29, 1.82) is 0 Å². The molecule has 0 spiro atoms. The van der Waals surface area contributed by atoms with Crippen LogP contribution >= 0.6 is 0 Å². The van der Waals surface area contributed by atoms with Crippen molar-refractivity contribution in [2.45, 2.75) is 27.0 Å². The summed E-state index contributed by atoms with van der Waals surface area (Å²) >= 11 is 0. The summed E-state index contributed by atoms with van der Waals surface area (Å²) in [6.45, 7) is 6.20. The Hall–Kier alpha value is -0.860. The fourth-order valence-electron chi connectivity index (χ4n) is 1.54. The second-order valence-electron chi connectivity index (χ2n) is 4.13. The van der Waals surface area contributed by atoms with Crippen molar-refractivity contribution in [3.63, 3.8) is 0 Å². The molecule has 0 aliphatic carbocycles. The molecule has 2 heteroatoms. The zero-order chi connectivity index (χ0) is 10.9. The van der Waals surface area contributed by atoms with Crippen molar-refractivity contribution in [1.82, 2.24) is 4.90 Å². The van der Waals surface area contributed by atoms with E-state index in [0.29, 0.717) is 0 Å². The third-order valence-electron chi connectivity index (χ3n) is 2.65. The maximum absolute atomic E-state index is 9.92. The van der Waals surface area contributed by atoms with Crippen LogP contribution in [-0.4, -0.2) is 24.1 Å². The average Bonchev–Trinajstić information content (AvgIpc) is 2.10. The summed E-state index contributed by atoms with van der Waals surface area (Å²) < 4.78 is 0. The Morgan fingerprint density at radius 2 is 1.50 bits per heavy atom. The summed E-state index contributed by atoms with van der Waals surface area (Å²) in [4.78, 5) is 1.80. The predicted molar refractivity (Wildman–Crippen MR) is 59.3 cm³/mol. The second kappa shape index (κ2) is 4.11. The lowest BCUT2D eigenvalue weighted by Gasteiger charge is -2.21. The first-order valence-corrected chi connectivity index (χ1v) is 4.85. The molecule has 1 aromatic rings. The van der Waals surface area contributed by atoms with E-state index >= 15 is 0 Å². The van der Waals surface area contributed by atoms with Crippen LogP contribution in [0.1, 0.15) is 28.5 Å². The molecule has 0 aliphatic rings. The van der Waals surface area contributed by atoms with E-state index in [-0.39, 0.29) is 0 Å². The van der Waals surface area contributed by atoms with E-state index < -0.39 is 6.23 Å². The van der Waals surface area contributed by atoms with Crippen molar-refractivity contribution >= 4 is 0 Å². The van der Waals surface area contributed by atoms with Gasteiger partial charge in [-0.2, -0.15) is 0 Å². The maximum atomic E-state index is 9.92. The molecule has 14 heavy (non-hydrogen) atoms. The number of aryl methyl sites for hydroxylation is 3. The van der Waals surface area contributed by atoms with Crippen molar-refractivity contribution in [3.05, 3.63) is 34.4 Å². The molecule has 2 nitrogen and oxygen atoms in total. The van der Waals surface area contributed by atoms with Crippen LogP contribution in [0.5, 0.6) is 0 Å². The minimum absolute atomic E-state index is 0.505. The summed E-state index contributed by atoms with van der Waals surface area (Å²) in [5.41, 5.74) is 4.65. The first-order chi connectivity index (χ1) is 6.43. The standard InChI is InChI=1S/C12H19NO/c1-8-6-10(3)11(7-9(8)2)12(14)13(4)5/h6-7,12,14H,1-5H3. The van der Waals surface area contributed by atoms with Gasteiger partial charge in [-0.25, -0.2) is 0 Å². The number of hydrogen-bond donors (Lipinski definition) is 1. The number of rotatable bonds is 2. The predicted octanol–water partition coefficient (Wildman–Crippen LogP) is 2.16. The molecule has 0 saturated heterocycles. The third-order valence-corrected chi connectivity index (χ3v) is 2.65. The summed E-state index contributed by atoms with van der Waals surface area (Å²) in [7, 11) is 3.75. The lowest BCUT2D eigenvalue weighted by atomic mass is 9.99. The van der Waals surface area contributed by atoms with E-state index in [1.807, 2.05) is 21.0 Å². The zero-order valence-electron chi connectivity index (χ0n) is 9.63. The van der Waals surface area contributed by atoms with Gasteiger partial charge in [0.1, 0.15) is 6.23 Å². The highest BCUT2D eigenvalue weighted by atomic mass is 16.3. The monoisotopic (exact) mass is 193 g/mol. The quantitative estimate of drug-likeness (QED) is 0.728. The van der Waals surface area contributed by atoms with Crippen LogP contribution in [0.25, 0.3) is 0 Å². The summed E-state index contributed by atoms with van der Waals surface area (Å²) in [5, 5.41) is 9.92. The summed E-state index contributed by atoms with van der Waals surface area (Å²) in [5.74, 6) is 0. The van der Waals surface area contributed by atoms with E-state index in [1.165, 1.54) is 11.1 Å². The SMILES string of the molecule is Cc1cc(C)c(C(O)N(C)C)cc1C. The van der Waals surface area contributed by atoms with Crippen LogP contribution < -0.4 is 0 Å². The first kappa shape index (κ1) is 11.2. The van der Waals surface area contributed by atoms with E-state index in [4.69, 9.17) is 0 Å². The van der Waals surface area contributed by atoms with Gasteiger partial charge in [-0.15, -0.1) is 0 Å². The van der Waals surface area contributed by atoms with Gasteiger partial charge in [-0.1, -0.05) is 12.1 Å². The minimum atomic E-state index is -0.505. The largest absolute Gasteiger partial charge is 0.374 e. The molecule has 1 rings (SSSR count). The fourth-order valence-corrected chi connectivity index (χ4v) is 1.54. The number of nitrogens with zero attached hydrogens (tertiary/aromatic N) is 1. The summed E-state index contributed by atoms with van der Waals surface area (Å²) in [6, 6.07) is 4.19. The van der Waals surface area contributed by atoms with Crippen LogP contribution in [0.15, 0.2) is 12.1 Å². The van der Waals surface area contributed by atoms with Gasteiger partial charge in [0.15, 0.2) is 0 Å². The molecular formula is C12H19NO. The molecular weight excluding hydrogens is 174 g/mol. The van der Waals surface area contributed by atoms with E-state index in [0.717, 1.165) is 11.1 Å². The van der Waals surface area contributed by atoms with Gasteiger partial charge in [-0.3, -0.25) is 4.90 Å². The highest BCUT2D eigenvalue weighted by molar-refractivity contribution is 5.37. The molecule has 0 saturated carbocycles. The molecule has 1 unspecified atom stereocenters. The number of hydrogen-bond acceptors (Lipinski definition) is 2. The Kier molecular flexibility index (Phi) is 3.29. The van der Waals surface area contributed by atoms with Gasteiger partial charge in [0.05, 0.1) is 0 Å². The Bertz CT molecular complexity index is 331. The molecule has 0 aliphatic heterocycles. The Morgan fingerprint density at radius 3 is 2.00 bits per heavy atom. The number of aliphatic hydroxyl groups excluding tert-OH is 1. The smallest absolute Gasteiger partial charge is 0.133 e. The van der Waals surface area contributed by atoms with E-state index in [1.54, 1.807) is 4.90 Å². The highest BCUT2D eigenvalue weighted by Crippen LogP contribution is 2.22. The zero-order valence-corrected chi connectivity index (χ0v) is 9.63. The van der Waals surface area contributed by atoms with Crippen molar-refractivity contribution < 1.29 is 5.11 Å². The molecule has 0 amide bonds. The Labute approximate surface area is 86.2 Å². The minimum Gasteiger partial charge on any atom is -0.374 e. The molecule has 0 bridgehead atoms. The van der Waals surface area contributed by atoms with Crippen molar-refractivity contribution in [2.24, 2.45) is 0 Å². The molecule has 0 heterocycles. The van der Waals surface area contributed by atoms with Crippen LogP contribution in [0.4, 0.5) is 0 Å². The van der Waals surface area contributed by atoms with Gasteiger partial charge >= 0.3 is 0 Å². The molecule has 0 radical (unpaired) electrons. The molecule has 1 atom stereocenters. The maximum Gasteiger partial charge on any atom is 0.133 e. The fraction of sp³-hybridized carbons (Fsp3) is 0.500. The van der Waals surface area contributed by atoms with E-state index in [2.05, 4.69) is 26.0 Å². The number of benzene rings is 1. The van der Waals surface area contributed by atoms with Crippen LogP contribution in [0, 0.1) is 20.8 Å². The lowest BCUT2D eigenvalue weighted by molar-refractivity contribution is 0.0389. The van der Waals surface area contributed by atoms with Crippen LogP contribution in [0.3, 0.4) is 0 Å². The van der Waals surface area contributed by atoms with Crippen molar-refractivity contribution in [3.8, 4) is 0 Å². The molecule has 1 aromatic carbocycles. The number of aliphatic hydroxyl groups is 1. The normalized spacial score (nSPS) is 13.4. The third kappa shape index (κ3) is 2.14. The summed E-state index contributed by atoms with van der Waals surface area (Å²) in [6.07, 6.45) is -0.505. The first-order valence-electron chi connectivity index (χ1n) is 4.85. The topological polar surface area (TPSA) is 23.5 Å². The second-order valence-corrected chi connectivity index (χ2v) is 4.13. The molecule has 1 N–H and O–H groups in total. The molecule has 0 fully saturated rings. The van der Waals surface area contributed by atoms with Gasteiger partial charge in [0.25, 0.3) is 0 Å². The van der Waals surface area contributed by atoms with Crippen molar-refractivity contribution in [2.75, 3.05) is 14.1 Å². The highest BCUT2D eigenvalue weighted by Gasteiger charge is 2.13. The Morgan fingerprint density at radius 1 is 1.00 bits per heavy atom. The van der Waals surface area contributed by atoms with Crippen LogP contribution in [-0.2, 0) is 0 Å². The Balaban J connectivity index is 3.15. The van der Waals surface area contributed by atoms with Gasteiger partial charge < -0.3 is 5.11 Å². The lowest BCUT2D eigenvalue weighted by Crippen LogP contribution is -2.20. The molecule has 0 aromatic heterocycles. The van der Waals surface area contributed by atoms with Gasteiger partial charge in [0.2, 0.25) is 0 Å². The average molecular weight is 193 g/mol. The van der Waals surface area contributed by atoms with Crippen LogP contribution in [0.2, 0.25) is 0 Å². The van der Waals surface area contributed by atoms with Gasteiger partial charge in [-0.05, 0) is 57.1 Å². The van der Waals surface area contributed by atoms with Gasteiger partial charge in [0, 0.05) is 0 Å².